The van der Waals surface area contributed by atoms with Crippen LogP contribution in [0.3, 0.4) is 0 Å². The maximum absolute atomic E-state index is 11.9. The molecule has 0 unspecified atom stereocenters. The van der Waals surface area contributed by atoms with Gasteiger partial charge in [0.2, 0.25) is 0 Å². The highest BCUT2D eigenvalue weighted by atomic mass is 16.1. The molecule has 3 rings (SSSR count). The predicted octanol–water partition coefficient (Wildman–Crippen LogP) is 1.51. The van der Waals surface area contributed by atoms with Crippen molar-refractivity contribution in [3.8, 4) is 0 Å². The number of H-pyrrole nitrogens is 1. The Balaban J connectivity index is 1.66. The second-order valence-electron chi connectivity index (χ2n) is 4.70. The summed E-state index contributed by atoms with van der Waals surface area (Å²) in [6.45, 7) is 0.521. The minimum absolute atomic E-state index is 0.215. The Kier molecular flexibility index (Phi) is 3.51. The third kappa shape index (κ3) is 2.84. The molecule has 3 aromatic rings. The van der Waals surface area contributed by atoms with Crippen LogP contribution in [-0.2, 0) is 6.42 Å². The fourth-order valence-electron chi connectivity index (χ4n) is 2.23. The number of benzene rings is 1. The normalized spacial score (nSPS) is 10.7. The molecule has 2 heterocycles. The summed E-state index contributed by atoms with van der Waals surface area (Å²) in [6, 6.07) is 11.5. The number of aromatic nitrogens is 3. The Hall–Kier alpha value is -2.89. The van der Waals surface area contributed by atoms with Crippen molar-refractivity contribution in [1.29, 1.82) is 0 Å². The van der Waals surface area contributed by atoms with Gasteiger partial charge in [-0.15, -0.1) is 0 Å². The van der Waals surface area contributed by atoms with E-state index in [0.29, 0.717) is 24.5 Å². The lowest BCUT2D eigenvalue weighted by atomic mass is 10.1. The first-order chi connectivity index (χ1) is 10.2. The molecule has 0 spiro atoms. The van der Waals surface area contributed by atoms with E-state index < -0.39 is 0 Å². The van der Waals surface area contributed by atoms with Crippen LogP contribution in [0.2, 0.25) is 0 Å². The zero-order chi connectivity index (χ0) is 14.7. The summed E-state index contributed by atoms with van der Waals surface area (Å²) < 4.78 is 0. The zero-order valence-electron chi connectivity index (χ0n) is 11.3. The van der Waals surface area contributed by atoms with Crippen molar-refractivity contribution >= 4 is 22.6 Å². The monoisotopic (exact) mass is 281 g/mol. The molecule has 106 valence electrons. The van der Waals surface area contributed by atoms with E-state index in [4.69, 9.17) is 5.73 Å². The molecule has 6 nitrogen and oxygen atoms in total. The van der Waals surface area contributed by atoms with E-state index >= 15 is 0 Å². The van der Waals surface area contributed by atoms with Gasteiger partial charge in [0, 0.05) is 24.2 Å². The highest BCUT2D eigenvalue weighted by Gasteiger charge is 2.08. The summed E-state index contributed by atoms with van der Waals surface area (Å²) in [5, 5.41) is 10.2. The van der Waals surface area contributed by atoms with Crippen molar-refractivity contribution in [2.75, 3.05) is 12.3 Å². The van der Waals surface area contributed by atoms with E-state index in [1.165, 1.54) is 6.07 Å². The van der Waals surface area contributed by atoms with Gasteiger partial charge in [-0.3, -0.25) is 14.9 Å². The first-order valence-electron chi connectivity index (χ1n) is 6.66. The smallest absolute Gasteiger partial charge is 0.269 e. The minimum atomic E-state index is -0.215. The van der Waals surface area contributed by atoms with Gasteiger partial charge in [0.1, 0.15) is 11.5 Å². The van der Waals surface area contributed by atoms with Gasteiger partial charge in [-0.05, 0) is 18.1 Å². The molecule has 0 atom stereocenters. The molecule has 2 aromatic heterocycles. The van der Waals surface area contributed by atoms with Crippen LogP contribution in [0.15, 0.2) is 42.6 Å². The first-order valence-corrected chi connectivity index (χ1v) is 6.66. The highest BCUT2D eigenvalue weighted by Crippen LogP contribution is 2.16. The SMILES string of the molecule is Nc1cc(C(=O)NCCc2cccc3cccnc23)[nH]n1. The molecule has 6 heteroatoms. The van der Waals surface area contributed by atoms with Crippen LogP contribution in [0.4, 0.5) is 5.82 Å². The molecule has 0 fully saturated rings. The number of para-hydroxylation sites is 1. The predicted molar refractivity (Wildman–Crippen MR) is 80.8 cm³/mol. The lowest BCUT2D eigenvalue weighted by molar-refractivity contribution is 0.0949. The Labute approximate surface area is 121 Å². The Morgan fingerprint density at radius 1 is 1.29 bits per heavy atom. The summed E-state index contributed by atoms with van der Waals surface area (Å²) >= 11 is 0. The van der Waals surface area contributed by atoms with E-state index in [2.05, 4.69) is 20.5 Å². The van der Waals surface area contributed by atoms with Gasteiger partial charge < -0.3 is 11.1 Å². The van der Waals surface area contributed by atoms with Crippen molar-refractivity contribution in [3.05, 3.63) is 53.9 Å². The Bertz CT molecular complexity index is 775. The number of nitrogen functional groups attached to an aromatic ring is 1. The molecule has 1 aromatic carbocycles. The number of rotatable bonds is 4. The number of nitrogens with zero attached hydrogens (tertiary/aromatic N) is 2. The van der Waals surface area contributed by atoms with E-state index in [1.807, 2.05) is 30.3 Å². The van der Waals surface area contributed by atoms with E-state index in [1.54, 1.807) is 6.20 Å². The van der Waals surface area contributed by atoms with Gasteiger partial charge in [0.25, 0.3) is 5.91 Å². The van der Waals surface area contributed by atoms with Crippen LogP contribution in [0, 0.1) is 0 Å². The first kappa shape index (κ1) is 13.1. The van der Waals surface area contributed by atoms with E-state index in [-0.39, 0.29) is 5.91 Å². The van der Waals surface area contributed by atoms with Crippen LogP contribution in [0.25, 0.3) is 10.9 Å². The van der Waals surface area contributed by atoms with E-state index in [0.717, 1.165) is 16.5 Å². The van der Waals surface area contributed by atoms with Gasteiger partial charge in [-0.25, -0.2) is 0 Å². The number of fused-ring (bicyclic) bond motifs is 1. The van der Waals surface area contributed by atoms with Crippen LogP contribution >= 0.6 is 0 Å². The summed E-state index contributed by atoms with van der Waals surface area (Å²) in [4.78, 5) is 16.3. The Morgan fingerprint density at radius 3 is 2.95 bits per heavy atom. The van der Waals surface area contributed by atoms with Crippen LogP contribution < -0.4 is 11.1 Å². The topological polar surface area (TPSA) is 96.7 Å². The van der Waals surface area contributed by atoms with Crippen molar-refractivity contribution in [3.63, 3.8) is 0 Å². The lowest BCUT2D eigenvalue weighted by Gasteiger charge is -2.06. The fourth-order valence-corrected chi connectivity index (χ4v) is 2.23. The third-order valence-corrected chi connectivity index (χ3v) is 3.24. The summed E-state index contributed by atoms with van der Waals surface area (Å²) in [6.07, 6.45) is 2.49. The average Bonchev–Trinajstić information content (AvgIpc) is 2.94. The second kappa shape index (κ2) is 5.62. The molecule has 0 aliphatic heterocycles. The van der Waals surface area contributed by atoms with Crippen molar-refractivity contribution < 1.29 is 4.79 Å². The van der Waals surface area contributed by atoms with Crippen molar-refractivity contribution in [1.82, 2.24) is 20.5 Å². The summed E-state index contributed by atoms with van der Waals surface area (Å²) in [7, 11) is 0. The molecule has 0 radical (unpaired) electrons. The second-order valence-corrected chi connectivity index (χ2v) is 4.70. The van der Waals surface area contributed by atoms with Crippen LogP contribution in [0.5, 0.6) is 0 Å². The number of amides is 1. The molecule has 1 amide bonds. The highest BCUT2D eigenvalue weighted by molar-refractivity contribution is 5.92. The van der Waals surface area contributed by atoms with Crippen LogP contribution in [0.1, 0.15) is 16.1 Å². The molecule has 21 heavy (non-hydrogen) atoms. The number of anilines is 1. The maximum atomic E-state index is 11.9. The largest absolute Gasteiger partial charge is 0.382 e. The lowest BCUT2D eigenvalue weighted by Crippen LogP contribution is -2.26. The van der Waals surface area contributed by atoms with Gasteiger partial charge in [0.05, 0.1) is 5.52 Å². The van der Waals surface area contributed by atoms with Gasteiger partial charge in [0.15, 0.2) is 0 Å². The van der Waals surface area contributed by atoms with E-state index in [9.17, 15) is 4.79 Å². The zero-order valence-corrected chi connectivity index (χ0v) is 11.3. The molecule has 0 bridgehead atoms. The molecular formula is C15H15N5O. The number of carbonyl (C=O) groups excluding carboxylic acids is 1. The van der Waals surface area contributed by atoms with Crippen molar-refractivity contribution in [2.24, 2.45) is 0 Å². The Morgan fingerprint density at radius 2 is 2.14 bits per heavy atom. The number of aromatic amines is 1. The average molecular weight is 281 g/mol. The number of carbonyl (C=O) groups is 1. The van der Waals surface area contributed by atoms with Crippen LogP contribution in [-0.4, -0.2) is 27.6 Å². The molecular weight excluding hydrogens is 266 g/mol. The number of nitrogens with two attached hydrogens (primary N) is 1. The number of hydrogen-bond acceptors (Lipinski definition) is 4. The third-order valence-electron chi connectivity index (χ3n) is 3.24. The maximum Gasteiger partial charge on any atom is 0.269 e. The fraction of sp³-hybridized carbons (Fsp3) is 0.133. The van der Waals surface area contributed by atoms with Gasteiger partial charge in [-0.1, -0.05) is 24.3 Å². The van der Waals surface area contributed by atoms with Gasteiger partial charge >= 0.3 is 0 Å². The summed E-state index contributed by atoms with van der Waals surface area (Å²) in [5.41, 5.74) is 7.91. The van der Waals surface area contributed by atoms with Crippen molar-refractivity contribution in [2.45, 2.75) is 6.42 Å². The molecule has 0 aliphatic rings. The molecule has 4 N–H and O–H groups in total. The quantitative estimate of drug-likeness (QED) is 0.675. The standard InChI is InChI=1S/C15H15N5O/c16-13-9-12(19-20-13)15(21)18-8-6-11-4-1-3-10-5-2-7-17-14(10)11/h1-5,7,9H,6,8H2,(H,18,21)(H3,16,19,20). The molecule has 0 saturated carbocycles. The molecule has 0 saturated heterocycles. The summed E-state index contributed by atoms with van der Waals surface area (Å²) in [5.74, 6) is 0.0887. The minimum Gasteiger partial charge on any atom is -0.382 e. The van der Waals surface area contributed by atoms with Gasteiger partial charge in [-0.2, -0.15) is 5.10 Å². The number of hydrogen-bond donors (Lipinski definition) is 3. The number of pyridine rings is 1. The number of nitrogens with one attached hydrogen (secondary N) is 2. The molecule has 0 aliphatic carbocycles.